The second-order valence-electron chi connectivity index (χ2n) is 4.28. The lowest BCUT2D eigenvalue weighted by molar-refractivity contribution is 0.138. The van der Waals surface area contributed by atoms with Gasteiger partial charge in [-0.15, -0.1) is 0 Å². The summed E-state index contributed by atoms with van der Waals surface area (Å²) in [6.07, 6.45) is 3.71. The summed E-state index contributed by atoms with van der Waals surface area (Å²) in [6, 6.07) is 0.0213. The van der Waals surface area contributed by atoms with Crippen LogP contribution < -0.4 is 5.43 Å². The third kappa shape index (κ3) is 4.95. The van der Waals surface area contributed by atoms with Gasteiger partial charge in [-0.3, -0.25) is 5.43 Å². The van der Waals surface area contributed by atoms with E-state index < -0.39 is 9.84 Å². The SMILES string of the molecule is CCS(=O)(=O)CC(C)NN1CCCCC1. The lowest BCUT2D eigenvalue weighted by atomic mass is 10.2. The molecular weight excluding hydrogens is 212 g/mol. The fourth-order valence-corrected chi connectivity index (χ4v) is 2.94. The molecule has 1 aliphatic rings. The molecule has 0 spiro atoms. The van der Waals surface area contributed by atoms with E-state index in [0.717, 1.165) is 13.1 Å². The number of rotatable bonds is 5. The van der Waals surface area contributed by atoms with Gasteiger partial charge in [0, 0.05) is 24.9 Å². The van der Waals surface area contributed by atoms with Gasteiger partial charge in [0.15, 0.2) is 9.84 Å². The molecule has 0 saturated carbocycles. The maximum Gasteiger partial charge on any atom is 0.151 e. The normalized spacial score (nSPS) is 21.5. The smallest absolute Gasteiger partial charge is 0.151 e. The summed E-state index contributed by atoms with van der Waals surface area (Å²) in [5, 5.41) is 2.15. The number of nitrogens with one attached hydrogen (secondary N) is 1. The molecular formula is C10H22N2O2S. The van der Waals surface area contributed by atoms with Crippen LogP contribution in [0, 0.1) is 0 Å². The Balaban J connectivity index is 2.31. The Labute approximate surface area is 92.9 Å². The van der Waals surface area contributed by atoms with Crippen LogP contribution in [0.2, 0.25) is 0 Å². The first kappa shape index (κ1) is 12.9. The summed E-state index contributed by atoms with van der Waals surface area (Å²) in [6.45, 7) is 5.71. The summed E-state index contributed by atoms with van der Waals surface area (Å²) >= 11 is 0. The lowest BCUT2D eigenvalue weighted by Crippen LogP contribution is -2.48. The molecule has 0 radical (unpaired) electrons. The molecule has 4 nitrogen and oxygen atoms in total. The number of hydrogen-bond acceptors (Lipinski definition) is 4. The van der Waals surface area contributed by atoms with Gasteiger partial charge in [-0.1, -0.05) is 13.3 Å². The molecule has 0 bridgehead atoms. The number of nitrogens with zero attached hydrogens (tertiary/aromatic N) is 1. The van der Waals surface area contributed by atoms with E-state index in [1.165, 1.54) is 19.3 Å². The van der Waals surface area contributed by atoms with Crippen LogP contribution in [0.15, 0.2) is 0 Å². The molecule has 0 aliphatic carbocycles. The molecule has 0 aromatic carbocycles. The van der Waals surface area contributed by atoms with Crippen LogP contribution in [-0.2, 0) is 9.84 Å². The minimum Gasteiger partial charge on any atom is -0.251 e. The van der Waals surface area contributed by atoms with Crippen LogP contribution in [0.1, 0.15) is 33.1 Å². The maximum atomic E-state index is 11.4. The molecule has 1 unspecified atom stereocenters. The van der Waals surface area contributed by atoms with Crippen molar-refractivity contribution in [3.63, 3.8) is 0 Å². The van der Waals surface area contributed by atoms with E-state index in [2.05, 4.69) is 10.4 Å². The number of piperidine rings is 1. The van der Waals surface area contributed by atoms with Crippen LogP contribution in [0.3, 0.4) is 0 Å². The van der Waals surface area contributed by atoms with Crippen LogP contribution in [0.25, 0.3) is 0 Å². The first-order valence-corrected chi connectivity index (χ1v) is 7.57. The molecule has 90 valence electrons. The predicted molar refractivity (Wildman–Crippen MR) is 62.3 cm³/mol. The molecule has 0 amide bonds. The van der Waals surface area contributed by atoms with Gasteiger partial charge in [0.25, 0.3) is 0 Å². The Morgan fingerprint density at radius 2 is 1.87 bits per heavy atom. The molecule has 1 heterocycles. The van der Waals surface area contributed by atoms with Crippen molar-refractivity contribution in [1.82, 2.24) is 10.4 Å². The number of hydrogen-bond donors (Lipinski definition) is 1. The topological polar surface area (TPSA) is 49.4 Å². The van der Waals surface area contributed by atoms with Crippen molar-refractivity contribution >= 4 is 9.84 Å². The number of hydrazine groups is 1. The van der Waals surface area contributed by atoms with Crippen LogP contribution in [0.4, 0.5) is 0 Å². The fraction of sp³-hybridized carbons (Fsp3) is 1.00. The van der Waals surface area contributed by atoms with E-state index in [4.69, 9.17) is 0 Å². The summed E-state index contributed by atoms with van der Waals surface area (Å²) < 4.78 is 22.8. The van der Waals surface area contributed by atoms with Gasteiger partial charge in [-0.2, -0.15) is 0 Å². The average Bonchev–Trinajstić information content (AvgIpc) is 2.18. The van der Waals surface area contributed by atoms with Crippen molar-refractivity contribution in [3.05, 3.63) is 0 Å². The van der Waals surface area contributed by atoms with Gasteiger partial charge in [-0.25, -0.2) is 13.4 Å². The van der Waals surface area contributed by atoms with Gasteiger partial charge >= 0.3 is 0 Å². The molecule has 1 N–H and O–H groups in total. The molecule has 1 fully saturated rings. The third-order valence-corrected chi connectivity index (χ3v) is 4.59. The minimum atomic E-state index is -2.86. The molecule has 1 aliphatic heterocycles. The second-order valence-corrected chi connectivity index (χ2v) is 6.67. The molecule has 1 saturated heterocycles. The van der Waals surface area contributed by atoms with Gasteiger partial charge in [0.05, 0.1) is 5.75 Å². The van der Waals surface area contributed by atoms with Crippen molar-refractivity contribution in [1.29, 1.82) is 0 Å². The van der Waals surface area contributed by atoms with Gasteiger partial charge < -0.3 is 0 Å². The zero-order valence-electron chi connectivity index (χ0n) is 9.70. The monoisotopic (exact) mass is 234 g/mol. The summed E-state index contributed by atoms with van der Waals surface area (Å²) in [7, 11) is -2.86. The third-order valence-electron chi connectivity index (χ3n) is 2.70. The fourth-order valence-electron chi connectivity index (χ4n) is 1.87. The largest absolute Gasteiger partial charge is 0.251 e. The highest BCUT2D eigenvalue weighted by Gasteiger charge is 2.17. The van der Waals surface area contributed by atoms with Crippen LogP contribution in [0.5, 0.6) is 0 Å². The summed E-state index contributed by atoms with van der Waals surface area (Å²) in [4.78, 5) is 0. The van der Waals surface area contributed by atoms with E-state index in [1.807, 2.05) is 6.92 Å². The Bertz CT molecular complexity index is 271. The summed E-state index contributed by atoms with van der Waals surface area (Å²) in [5.74, 6) is 0.471. The van der Waals surface area contributed by atoms with Gasteiger partial charge in [0.2, 0.25) is 0 Å². The van der Waals surface area contributed by atoms with E-state index in [9.17, 15) is 8.42 Å². The van der Waals surface area contributed by atoms with Crippen molar-refractivity contribution in [2.45, 2.75) is 39.2 Å². The van der Waals surface area contributed by atoms with Crippen LogP contribution in [-0.4, -0.2) is 44.1 Å². The molecule has 1 atom stereocenters. The van der Waals surface area contributed by atoms with Crippen molar-refractivity contribution in [2.24, 2.45) is 0 Å². The Hall–Kier alpha value is -0.130. The Kier molecular flexibility index (Phi) is 5.02. The zero-order valence-corrected chi connectivity index (χ0v) is 10.5. The maximum absolute atomic E-state index is 11.4. The van der Waals surface area contributed by atoms with Crippen molar-refractivity contribution in [3.8, 4) is 0 Å². The Morgan fingerprint density at radius 3 is 2.40 bits per heavy atom. The first-order chi connectivity index (χ1) is 7.03. The van der Waals surface area contributed by atoms with Crippen LogP contribution >= 0.6 is 0 Å². The highest BCUT2D eigenvalue weighted by atomic mass is 32.2. The second kappa shape index (κ2) is 5.82. The predicted octanol–water partition coefficient (Wildman–Crippen LogP) is 0.800. The van der Waals surface area contributed by atoms with Gasteiger partial charge in [-0.05, 0) is 19.8 Å². The van der Waals surface area contributed by atoms with E-state index in [0.29, 0.717) is 0 Å². The first-order valence-electron chi connectivity index (χ1n) is 5.75. The molecule has 0 aromatic rings. The number of sulfone groups is 1. The van der Waals surface area contributed by atoms with E-state index in [-0.39, 0.29) is 17.5 Å². The molecule has 5 heteroatoms. The Morgan fingerprint density at radius 1 is 1.27 bits per heavy atom. The highest BCUT2D eigenvalue weighted by Crippen LogP contribution is 2.07. The molecule has 1 rings (SSSR count). The lowest BCUT2D eigenvalue weighted by Gasteiger charge is -2.30. The average molecular weight is 234 g/mol. The summed E-state index contributed by atoms with van der Waals surface area (Å²) in [5.41, 5.74) is 3.26. The molecule has 15 heavy (non-hydrogen) atoms. The van der Waals surface area contributed by atoms with Crippen molar-refractivity contribution < 1.29 is 8.42 Å². The zero-order chi connectivity index (χ0) is 11.3. The quantitative estimate of drug-likeness (QED) is 0.764. The van der Waals surface area contributed by atoms with E-state index >= 15 is 0 Å². The standard InChI is InChI=1S/C10H22N2O2S/c1-3-15(13,14)9-10(2)11-12-7-5-4-6-8-12/h10-11H,3-9H2,1-2H3. The molecule has 0 aromatic heterocycles. The van der Waals surface area contributed by atoms with E-state index in [1.54, 1.807) is 6.92 Å². The highest BCUT2D eigenvalue weighted by molar-refractivity contribution is 7.91. The van der Waals surface area contributed by atoms with Gasteiger partial charge in [0.1, 0.15) is 0 Å². The minimum absolute atomic E-state index is 0.0213. The van der Waals surface area contributed by atoms with Crippen molar-refractivity contribution in [2.75, 3.05) is 24.6 Å².